The summed E-state index contributed by atoms with van der Waals surface area (Å²) < 4.78 is 48.8. The van der Waals surface area contributed by atoms with Crippen LogP contribution < -0.4 is 20.7 Å². The summed E-state index contributed by atoms with van der Waals surface area (Å²) in [5.74, 6) is -0.600. The van der Waals surface area contributed by atoms with Crippen molar-refractivity contribution in [2.45, 2.75) is 45.4 Å². The van der Waals surface area contributed by atoms with Crippen molar-refractivity contribution in [3.8, 4) is 11.1 Å². The third-order valence-corrected chi connectivity index (χ3v) is 8.09. The molecule has 4 heterocycles. The predicted molar refractivity (Wildman–Crippen MR) is 156 cm³/mol. The molecule has 1 aromatic carbocycles. The number of carbonyl (C=O) groups excluding carboxylic acids is 1. The Bertz CT molecular complexity index is 1490. The van der Waals surface area contributed by atoms with Gasteiger partial charge in [0.25, 0.3) is 12.3 Å². The Morgan fingerprint density at radius 2 is 1.83 bits per heavy atom. The van der Waals surface area contributed by atoms with Crippen molar-refractivity contribution < 1.29 is 22.7 Å². The fraction of sp³-hybridized carbons (Fsp3) is 0.433. The van der Waals surface area contributed by atoms with Crippen LogP contribution in [0.1, 0.15) is 43.1 Å². The van der Waals surface area contributed by atoms with Gasteiger partial charge in [-0.15, -0.1) is 0 Å². The lowest BCUT2D eigenvalue weighted by molar-refractivity contribution is 0.0529. The average Bonchev–Trinajstić information content (AvgIpc) is 2.96. The van der Waals surface area contributed by atoms with Crippen LogP contribution in [-0.4, -0.2) is 78.8 Å². The number of morpholine rings is 1. The number of pyridine rings is 2. The van der Waals surface area contributed by atoms with Gasteiger partial charge >= 0.3 is 0 Å². The van der Waals surface area contributed by atoms with Crippen LogP contribution in [0.2, 0.25) is 0 Å². The number of hydrogen-bond acceptors (Lipinski definition) is 7. The zero-order valence-electron chi connectivity index (χ0n) is 24.0. The van der Waals surface area contributed by atoms with Crippen molar-refractivity contribution in [2.75, 3.05) is 55.0 Å². The first-order valence-electron chi connectivity index (χ1n) is 14.0. The highest BCUT2D eigenvalue weighted by Crippen LogP contribution is 2.37. The van der Waals surface area contributed by atoms with Gasteiger partial charge in [-0.25, -0.2) is 18.2 Å². The van der Waals surface area contributed by atoms with Crippen molar-refractivity contribution in [1.82, 2.24) is 14.9 Å². The van der Waals surface area contributed by atoms with Gasteiger partial charge in [-0.1, -0.05) is 0 Å². The molecular weight excluding hydrogens is 549 g/mol. The minimum atomic E-state index is -3.03. The molecule has 0 saturated carbocycles. The molecule has 2 saturated heterocycles. The van der Waals surface area contributed by atoms with E-state index in [4.69, 9.17) is 4.74 Å². The second kappa shape index (κ2) is 12.1. The first-order chi connectivity index (χ1) is 20.0. The van der Waals surface area contributed by atoms with Gasteiger partial charge in [-0.05, 0) is 52.1 Å². The van der Waals surface area contributed by atoms with Gasteiger partial charge in [0.15, 0.2) is 0 Å². The molecule has 2 aromatic heterocycles. The van der Waals surface area contributed by atoms with Crippen LogP contribution in [-0.2, 0) is 4.74 Å². The summed E-state index contributed by atoms with van der Waals surface area (Å²) in [4.78, 5) is 38.2. The number of rotatable bonds is 6. The quantitative estimate of drug-likeness (QED) is 0.440. The number of amides is 1. The molecule has 0 radical (unpaired) electrons. The lowest BCUT2D eigenvalue weighted by Gasteiger charge is -2.44. The fourth-order valence-corrected chi connectivity index (χ4v) is 5.56. The van der Waals surface area contributed by atoms with E-state index >= 15 is 4.39 Å². The topological polar surface area (TPSA) is 93.8 Å². The summed E-state index contributed by atoms with van der Waals surface area (Å²) >= 11 is 0. The number of benzene rings is 1. The first-order valence-corrected chi connectivity index (χ1v) is 14.0. The molecule has 2 fully saturated rings. The van der Waals surface area contributed by atoms with E-state index < -0.39 is 29.3 Å². The molecule has 0 aliphatic carbocycles. The van der Waals surface area contributed by atoms with E-state index in [0.29, 0.717) is 50.1 Å². The highest BCUT2D eigenvalue weighted by molar-refractivity contribution is 6.07. The molecule has 1 amide bonds. The van der Waals surface area contributed by atoms with Gasteiger partial charge in [-0.3, -0.25) is 14.5 Å². The van der Waals surface area contributed by atoms with E-state index in [0.717, 1.165) is 12.0 Å². The second-order valence-electron chi connectivity index (χ2n) is 11.1. The van der Waals surface area contributed by atoms with Crippen LogP contribution in [0, 0.1) is 5.82 Å². The molecule has 3 unspecified atom stereocenters. The van der Waals surface area contributed by atoms with Crippen LogP contribution >= 0.6 is 0 Å². The molecule has 9 nitrogen and oxygen atoms in total. The third kappa shape index (κ3) is 6.14. The smallest absolute Gasteiger partial charge is 0.264 e. The van der Waals surface area contributed by atoms with Gasteiger partial charge in [-0.2, -0.15) is 0 Å². The molecule has 0 spiro atoms. The molecule has 2 aliphatic heterocycles. The Balaban J connectivity index is 1.53. The number of likely N-dealkylation sites (N-methyl/N-ethyl adjacent to an activating group) is 1. The molecule has 3 aromatic rings. The SMILES string of the molecule is CC1CN(c2ccc(-c3cc(NC(=O)c4c[nH]c(=O)cc4C(F)F)c(N4CC(C)N(C)C(C)C4)cc3F)cn2)CCO1. The summed E-state index contributed by atoms with van der Waals surface area (Å²) in [7, 11) is 2.02. The summed E-state index contributed by atoms with van der Waals surface area (Å²) in [6.45, 7) is 9.23. The Morgan fingerprint density at radius 3 is 2.48 bits per heavy atom. The molecule has 42 heavy (non-hydrogen) atoms. The van der Waals surface area contributed by atoms with Crippen LogP contribution in [0.5, 0.6) is 0 Å². The number of ether oxygens (including phenoxy) is 1. The molecular formula is C30H35F3N6O3. The number of anilines is 3. The van der Waals surface area contributed by atoms with Crippen molar-refractivity contribution in [2.24, 2.45) is 0 Å². The number of halogens is 3. The number of nitrogens with one attached hydrogen (secondary N) is 2. The summed E-state index contributed by atoms with van der Waals surface area (Å²) in [6.07, 6.45) is -0.409. The molecule has 3 atom stereocenters. The van der Waals surface area contributed by atoms with Crippen LogP contribution in [0.4, 0.5) is 30.4 Å². The number of H-pyrrole nitrogens is 1. The Morgan fingerprint density at radius 1 is 1.10 bits per heavy atom. The minimum Gasteiger partial charge on any atom is -0.375 e. The highest BCUT2D eigenvalue weighted by Gasteiger charge is 2.30. The maximum absolute atomic E-state index is 15.8. The Labute approximate surface area is 242 Å². The van der Waals surface area contributed by atoms with E-state index in [1.807, 2.05) is 24.9 Å². The fourth-order valence-electron chi connectivity index (χ4n) is 5.56. The highest BCUT2D eigenvalue weighted by atomic mass is 19.3. The predicted octanol–water partition coefficient (Wildman–Crippen LogP) is 4.52. The summed E-state index contributed by atoms with van der Waals surface area (Å²) in [5.41, 5.74) is -0.392. The van der Waals surface area contributed by atoms with Crippen molar-refractivity contribution in [1.29, 1.82) is 0 Å². The maximum Gasteiger partial charge on any atom is 0.264 e. The number of nitrogens with zero attached hydrogens (tertiary/aromatic N) is 4. The van der Waals surface area contributed by atoms with Crippen molar-refractivity contribution >= 4 is 23.1 Å². The van der Waals surface area contributed by atoms with Gasteiger partial charge in [0.05, 0.1) is 29.6 Å². The molecule has 224 valence electrons. The number of aromatic nitrogens is 2. The number of hydrogen-bond donors (Lipinski definition) is 2. The third-order valence-electron chi connectivity index (χ3n) is 8.09. The van der Waals surface area contributed by atoms with Crippen LogP contribution in [0.25, 0.3) is 11.1 Å². The van der Waals surface area contributed by atoms with E-state index in [1.54, 1.807) is 12.3 Å². The zero-order valence-corrected chi connectivity index (χ0v) is 24.0. The molecule has 2 aliphatic rings. The van der Waals surface area contributed by atoms with Crippen LogP contribution in [0.15, 0.2) is 47.5 Å². The zero-order chi connectivity index (χ0) is 30.1. The van der Waals surface area contributed by atoms with E-state index in [2.05, 4.69) is 38.9 Å². The largest absolute Gasteiger partial charge is 0.375 e. The number of piperazine rings is 1. The van der Waals surface area contributed by atoms with E-state index in [9.17, 15) is 18.4 Å². The standard InChI is InChI=1S/C30H35F3N6O3/c1-17-14-39(15-18(2)37(17)4)26-11-24(31)21(20-5-6-27(34-12-20)38-7-8-42-19(3)16-38)9-25(26)36-30(41)23-13-35-28(40)10-22(23)29(32)33/h5-6,9-13,17-19,29H,7-8,14-16H2,1-4H3,(H,35,40)(H,36,41). The number of aromatic amines is 1. The second-order valence-corrected chi connectivity index (χ2v) is 11.1. The van der Waals surface area contributed by atoms with Crippen molar-refractivity contribution in [3.63, 3.8) is 0 Å². The minimum absolute atomic E-state index is 0.0735. The molecule has 0 bridgehead atoms. The Kier molecular flexibility index (Phi) is 8.55. The average molecular weight is 585 g/mol. The normalized spacial score (nSPS) is 21.6. The summed E-state index contributed by atoms with van der Waals surface area (Å²) in [6, 6.07) is 7.46. The van der Waals surface area contributed by atoms with E-state index in [-0.39, 0.29) is 35.0 Å². The number of carbonyl (C=O) groups is 1. The molecule has 5 rings (SSSR count). The number of alkyl halides is 2. The summed E-state index contributed by atoms with van der Waals surface area (Å²) in [5, 5.41) is 2.73. The van der Waals surface area contributed by atoms with Crippen molar-refractivity contribution in [3.05, 3.63) is 70.0 Å². The van der Waals surface area contributed by atoms with Gasteiger partial charge in [0, 0.05) is 73.4 Å². The van der Waals surface area contributed by atoms with E-state index in [1.165, 1.54) is 12.1 Å². The monoisotopic (exact) mass is 584 g/mol. The van der Waals surface area contributed by atoms with Gasteiger partial charge in [0.1, 0.15) is 11.6 Å². The van der Waals surface area contributed by atoms with Gasteiger partial charge in [0.2, 0.25) is 5.56 Å². The molecule has 12 heteroatoms. The first kappa shape index (κ1) is 29.6. The van der Waals surface area contributed by atoms with Crippen LogP contribution in [0.3, 0.4) is 0 Å². The Hall–Kier alpha value is -3.90. The maximum atomic E-state index is 15.8. The lowest BCUT2D eigenvalue weighted by atomic mass is 10.0. The lowest BCUT2D eigenvalue weighted by Crippen LogP contribution is -2.55. The van der Waals surface area contributed by atoms with Gasteiger partial charge < -0.3 is 24.8 Å². The molecule has 2 N–H and O–H groups in total.